The molecule has 3 heterocycles. The fourth-order valence-corrected chi connectivity index (χ4v) is 2.56. The number of likely N-dealkylation sites (N-methyl/N-ethyl adjacent to an activating group) is 1. The van der Waals surface area contributed by atoms with Crippen molar-refractivity contribution in [3.05, 3.63) is 48.1 Å². The number of anilines is 2. The number of aromatic amines is 1. The van der Waals surface area contributed by atoms with Gasteiger partial charge in [0.2, 0.25) is 5.91 Å². The zero-order valence-corrected chi connectivity index (χ0v) is 17.1. The van der Waals surface area contributed by atoms with E-state index in [4.69, 9.17) is 0 Å². The van der Waals surface area contributed by atoms with Crippen LogP contribution < -0.4 is 5.32 Å². The second-order valence-electron chi connectivity index (χ2n) is 7.90. The number of hydrogen-bond donors (Lipinski definition) is 2. The predicted molar refractivity (Wildman–Crippen MR) is 113 cm³/mol. The number of aromatic nitrogens is 4. The van der Waals surface area contributed by atoms with E-state index < -0.39 is 5.41 Å². The summed E-state index contributed by atoms with van der Waals surface area (Å²) in [5, 5.41) is 3.14. The molecule has 0 aliphatic rings. The van der Waals surface area contributed by atoms with Gasteiger partial charge in [0.15, 0.2) is 11.4 Å². The van der Waals surface area contributed by atoms with Crippen molar-refractivity contribution >= 4 is 40.4 Å². The van der Waals surface area contributed by atoms with E-state index in [0.717, 1.165) is 0 Å². The maximum Gasteiger partial charge on any atom is 0.246 e. The first-order chi connectivity index (χ1) is 13.6. The molecular formula is C21H24N6O2. The number of ketones is 1. The van der Waals surface area contributed by atoms with E-state index in [0.29, 0.717) is 33.9 Å². The number of H-pyrrole nitrogens is 1. The Bertz CT molecular complexity index is 1070. The van der Waals surface area contributed by atoms with Gasteiger partial charge in [0.25, 0.3) is 0 Å². The van der Waals surface area contributed by atoms with Crippen LogP contribution >= 0.6 is 0 Å². The van der Waals surface area contributed by atoms with Crippen LogP contribution in [0, 0.1) is 5.41 Å². The maximum atomic E-state index is 12.6. The summed E-state index contributed by atoms with van der Waals surface area (Å²) in [6.45, 7) is 5.62. The van der Waals surface area contributed by atoms with Gasteiger partial charge in [0, 0.05) is 31.8 Å². The molecule has 0 bridgehead atoms. The number of carbonyl (C=O) groups is 2. The quantitative estimate of drug-likeness (QED) is 0.509. The molecule has 1 amide bonds. The van der Waals surface area contributed by atoms with Gasteiger partial charge in [0.1, 0.15) is 11.3 Å². The van der Waals surface area contributed by atoms with E-state index in [-0.39, 0.29) is 11.7 Å². The summed E-state index contributed by atoms with van der Waals surface area (Å²) in [5.41, 5.74) is 2.48. The highest BCUT2D eigenvalue weighted by molar-refractivity contribution is 6.08. The SMILES string of the molecule is CN(C)C(=O)C=Cc1ccc(Nc2cnc3[nH]cc(C(=O)C(C)(C)C)c3n2)cn1. The van der Waals surface area contributed by atoms with Crippen molar-refractivity contribution in [2.45, 2.75) is 20.8 Å². The van der Waals surface area contributed by atoms with Crippen LogP contribution in [0.1, 0.15) is 36.8 Å². The van der Waals surface area contributed by atoms with Crippen molar-refractivity contribution < 1.29 is 9.59 Å². The van der Waals surface area contributed by atoms with Crippen LogP contribution in [0.15, 0.2) is 36.8 Å². The fraction of sp³-hybridized carbons (Fsp3) is 0.286. The van der Waals surface area contributed by atoms with E-state index in [2.05, 4.69) is 25.3 Å². The van der Waals surface area contributed by atoms with Crippen molar-refractivity contribution in [1.82, 2.24) is 24.8 Å². The van der Waals surface area contributed by atoms with Crippen LogP contribution in [-0.4, -0.2) is 50.6 Å². The molecule has 0 aromatic carbocycles. The van der Waals surface area contributed by atoms with E-state index in [9.17, 15) is 9.59 Å². The zero-order valence-electron chi connectivity index (χ0n) is 17.1. The highest BCUT2D eigenvalue weighted by atomic mass is 16.2. The number of amides is 1. The van der Waals surface area contributed by atoms with Gasteiger partial charge in [0.05, 0.1) is 29.3 Å². The molecule has 150 valence electrons. The lowest BCUT2D eigenvalue weighted by Gasteiger charge is -2.15. The van der Waals surface area contributed by atoms with E-state index in [1.807, 2.05) is 26.8 Å². The largest absolute Gasteiger partial charge is 0.345 e. The lowest BCUT2D eigenvalue weighted by atomic mass is 9.87. The van der Waals surface area contributed by atoms with Crippen LogP contribution in [0.5, 0.6) is 0 Å². The molecule has 29 heavy (non-hydrogen) atoms. The Morgan fingerprint density at radius 1 is 1.14 bits per heavy atom. The first-order valence-electron chi connectivity index (χ1n) is 9.16. The molecule has 0 saturated carbocycles. The summed E-state index contributed by atoms with van der Waals surface area (Å²) >= 11 is 0. The Labute approximate surface area is 169 Å². The Morgan fingerprint density at radius 2 is 1.90 bits per heavy atom. The molecule has 8 nitrogen and oxygen atoms in total. The minimum atomic E-state index is -0.512. The Hall–Kier alpha value is -3.55. The standard InChI is InChI=1S/C21H24N6O2/c1-21(2,3)19(29)15-11-23-20-18(15)26-16(12-24-20)25-14-7-6-13(22-10-14)8-9-17(28)27(4)5/h6-12H,1-5H3,(H,23,24)(H,25,26). The maximum absolute atomic E-state index is 12.6. The minimum absolute atomic E-state index is 0.000257. The average molecular weight is 392 g/mol. The van der Waals surface area contributed by atoms with E-state index in [1.165, 1.54) is 11.0 Å². The molecule has 8 heteroatoms. The number of Topliss-reactive ketones (excluding diaryl/α,β-unsaturated/α-hetero) is 1. The van der Waals surface area contributed by atoms with Crippen molar-refractivity contribution in [1.29, 1.82) is 0 Å². The summed E-state index contributed by atoms with van der Waals surface area (Å²) in [6.07, 6.45) is 8.01. The summed E-state index contributed by atoms with van der Waals surface area (Å²) in [5.74, 6) is 0.401. The third-order valence-electron chi connectivity index (χ3n) is 4.20. The van der Waals surface area contributed by atoms with Gasteiger partial charge in [-0.05, 0) is 18.2 Å². The lowest BCUT2D eigenvalue weighted by molar-refractivity contribution is -0.123. The number of rotatable bonds is 5. The van der Waals surface area contributed by atoms with Gasteiger partial charge in [-0.1, -0.05) is 20.8 Å². The first kappa shape index (κ1) is 20.2. The van der Waals surface area contributed by atoms with Gasteiger partial charge >= 0.3 is 0 Å². The molecule has 0 fully saturated rings. The van der Waals surface area contributed by atoms with E-state index >= 15 is 0 Å². The summed E-state index contributed by atoms with van der Waals surface area (Å²) in [7, 11) is 3.38. The van der Waals surface area contributed by atoms with Gasteiger partial charge < -0.3 is 15.2 Å². The highest BCUT2D eigenvalue weighted by Crippen LogP contribution is 2.26. The zero-order chi connectivity index (χ0) is 21.2. The molecule has 0 saturated heterocycles. The van der Waals surface area contributed by atoms with Crippen LogP contribution in [0.3, 0.4) is 0 Å². The average Bonchev–Trinajstić information content (AvgIpc) is 3.08. The van der Waals surface area contributed by atoms with Gasteiger partial charge in [-0.3, -0.25) is 14.6 Å². The van der Waals surface area contributed by atoms with Gasteiger partial charge in [-0.2, -0.15) is 0 Å². The Balaban J connectivity index is 1.80. The van der Waals surface area contributed by atoms with E-state index in [1.54, 1.807) is 44.8 Å². The molecule has 0 atom stereocenters. The van der Waals surface area contributed by atoms with Crippen molar-refractivity contribution in [3.8, 4) is 0 Å². The number of nitrogens with one attached hydrogen (secondary N) is 2. The predicted octanol–water partition coefficient (Wildman–Crippen LogP) is 3.43. The molecular weight excluding hydrogens is 368 g/mol. The van der Waals surface area contributed by atoms with Crippen molar-refractivity contribution in [2.24, 2.45) is 5.41 Å². The molecule has 0 unspecified atom stereocenters. The molecule has 3 aromatic heterocycles. The number of pyridine rings is 1. The second kappa shape index (κ2) is 7.83. The number of carbonyl (C=O) groups excluding carboxylic acids is 2. The van der Waals surface area contributed by atoms with Gasteiger partial charge in [-0.15, -0.1) is 0 Å². The number of hydrogen-bond acceptors (Lipinski definition) is 6. The smallest absolute Gasteiger partial charge is 0.246 e. The third kappa shape index (κ3) is 4.66. The summed E-state index contributed by atoms with van der Waals surface area (Å²) in [6, 6.07) is 3.62. The first-order valence-corrected chi connectivity index (χ1v) is 9.16. The van der Waals surface area contributed by atoms with Crippen molar-refractivity contribution in [2.75, 3.05) is 19.4 Å². The molecule has 0 aliphatic heterocycles. The molecule has 3 aromatic rings. The van der Waals surface area contributed by atoms with Crippen LogP contribution in [0.4, 0.5) is 11.5 Å². The second-order valence-corrected chi connectivity index (χ2v) is 7.90. The topological polar surface area (TPSA) is 104 Å². The Morgan fingerprint density at radius 3 is 2.52 bits per heavy atom. The van der Waals surface area contributed by atoms with Gasteiger partial charge in [-0.25, -0.2) is 9.97 Å². The van der Waals surface area contributed by atoms with Crippen LogP contribution in [-0.2, 0) is 4.79 Å². The highest BCUT2D eigenvalue weighted by Gasteiger charge is 2.26. The molecule has 0 aliphatic carbocycles. The van der Waals surface area contributed by atoms with Crippen LogP contribution in [0.25, 0.3) is 17.2 Å². The molecule has 0 spiro atoms. The van der Waals surface area contributed by atoms with Crippen molar-refractivity contribution in [3.63, 3.8) is 0 Å². The summed E-state index contributed by atoms with van der Waals surface area (Å²) < 4.78 is 0. The Kier molecular flexibility index (Phi) is 5.45. The number of fused-ring (bicyclic) bond motifs is 1. The summed E-state index contributed by atoms with van der Waals surface area (Å²) in [4.78, 5) is 41.9. The normalized spacial score (nSPS) is 11.8. The van der Waals surface area contributed by atoms with Crippen LogP contribution in [0.2, 0.25) is 0 Å². The lowest BCUT2D eigenvalue weighted by Crippen LogP contribution is -2.20. The molecule has 0 radical (unpaired) electrons. The molecule has 2 N–H and O–H groups in total. The third-order valence-corrected chi connectivity index (χ3v) is 4.20. The number of nitrogens with zero attached hydrogens (tertiary/aromatic N) is 4. The minimum Gasteiger partial charge on any atom is -0.345 e. The molecule has 3 rings (SSSR count). The fourth-order valence-electron chi connectivity index (χ4n) is 2.56. The monoisotopic (exact) mass is 392 g/mol.